The molecule has 2 atom stereocenters. The Morgan fingerprint density at radius 2 is 1.62 bits per heavy atom. The van der Waals surface area contributed by atoms with Crippen LogP contribution >= 0.6 is 0 Å². The molecule has 2 unspecified atom stereocenters. The van der Waals surface area contributed by atoms with Gasteiger partial charge in [-0.05, 0) is 49.9 Å². The van der Waals surface area contributed by atoms with E-state index in [9.17, 15) is 0 Å². The maximum Gasteiger partial charge on any atom is 0.119 e. The Kier molecular flexibility index (Phi) is 4.81. The Labute approximate surface area is 98.8 Å². The van der Waals surface area contributed by atoms with Gasteiger partial charge in [0, 0.05) is 0 Å². The van der Waals surface area contributed by atoms with Gasteiger partial charge in [-0.25, -0.2) is 0 Å². The number of benzene rings is 1. The molecule has 0 saturated carbocycles. The summed E-state index contributed by atoms with van der Waals surface area (Å²) in [7, 11) is 0. The zero-order valence-electron chi connectivity index (χ0n) is 10.7. The van der Waals surface area contributed by atoms with Crippen molar-refractivity contribution in [1.29, 1.82) is 0 Å². The predicted molar refractivity (Wildman–Crippen MR) is 68.8 cm³/mol. The highest BCUT2D eigenvalue weighted by atomic mass is 16.5. The molecule has 90 valence electrons. The van der Waals surface area contributed by atoms with Crippen LogP contribution in [-0.2, 0) is 0 Å². The Hall–Kier alpha value is -1.02. The van der Waals surface area contributed by atoms with E-state index in [4.69, 9.17) is 10.5 Å². The van der Waals surface area contributed by atoms with Crippen molar-refractivity contribution >= 4 is 0 Å². The molecule has 0 saturated heterocycles. The highest BCUT2D eigenvalue weighted by molar-refractivity contribution is 5.29. The van der Waals surface area contributed by atoms with Gasteiger partial charge in [-0.1, -0.05) is 26.0 Å². The molecule has 0 spiro atoms. The van der Waals surface area contributed by atoms with Crippen LogP contribution in [0.25, 0.3) is 0 Å². The van der Waals surface area contributed by atoms with Gasteiger partial charge >= 0.3 is 0 Å². The normalized spacial score (nSPS) is 14.9. The van der Waals surface area contributed by atoms with Crippen LogP contribution in [0, 0.1) is 5.92 Å². The SMILES string of the molecule is CC(C)Oc1ccc(C(C)C(C)CN)cc1. The van der Waals surface area contributed by atoms with Crippen LogP contribution in [0.15, 0.2) is 24.3 Å². The first-order chi connectivity index (χ1) is 7.54. The summed E-state index contributed by atoms with van der Waals surface area (Å²) in [5, 5.41) is 0. The van der Waals surface area contributed by atoms with Gasteiger partial charge in [-0.15, -0.1) is 0 Å². The minimum Gasteiger partial charge on any atom is -0.491 e. The fraction of sp³-hybridized carbons (Fsp3) is 0.571. The van der Waals surface area contributed by atoms with E-state index in [1.807, 2.05) is 26.0 Å². The third-order valence-electron chi connectivity index (χ3n) is 3.00. The zero-order valence-corrected chi connectivity index (χ0v) is 10.7. The van der Waals surface area contributed by atoms with Gasteiger partial charge < -0.3 is 10.5 Å². The predicted octanol–water partition coefficient (Wildman–Crippen LogP) is 3.17. The lowest BCUT2D eigenvalue weighted by atomic mass is 9.89. The first-order valence-electron chi connectivity index (χ1n) is 6.01. The molecule has 0 aromatic heterocycles. The topological polar surface area (TPSA) is 35.2 Å². The third-order valence-corrected chi connectivity index (χ3v) is 3.00. The van der Waals surface area contributed by atoms with Gasteiger partial charge in [0.1, 0.15) is 5.75 Å². The monoisotopic (exact) mass is 221 g/mol. The molecule has 0 bridgehead atoms. The number of hydrogen-bond acceptors (Lipinski definition) is 2. The van der Waals surface area contributed by atoms with Crippen LogP contribution in [-0.4, -0.2) is 12.6 Å². The maximum absolute atomic E-state index is 5.68. The van der Waals surface area contributed by atoms with Crippen LogP contribution in [0.1, 0.15) is 39.2 Å². The zero-order chi connectivity index (χ0) is 12.1. The van der Waals surface area contributed by atoms with Crippen molar-refractivity contribution in [3.8, 4) is 5.75 Å². The number of rotatable bonds is 5. The summed E-state index contributed by atoms with van der Waals surface area (Å²) >= 11 is 0. The van der Waals surface area contributed by atoms with Crippen molar-refractivity contribution in [2.45, 2.75) is 39.7 Å². The molecule has 0 radical (unpaired) electrons. The molecule has 0 fully saturated rings. The van der Waals surface area contributed by atoms with E-state index in [2.05, 4.69) is 26.0 Å². The molecule has 0 aliphatic rings. The first-order valence-corrected chi connectivity index (χ1v) is 6.01. The maximum atomic E-state index is 5.68. The van der Waals surface area contributed by atoms with Crippen LogP contribution in [0.5, 0.6) is 5.75 Å². The molecule has 1 rings (SSSR count). The van der Waals surface area contributed by atoms with Crippen LogP contribution in [0.4, 0.5) is 0 Å². The molecular formula is C14H23NO. The lowest BCUT2D eigenvalue weighted by Gasteiger charge is -2.19. The van der Waals surface area contributed by atoms with Crippen molar-refractivity contribution in [2.75, 3.05) is 6.54 Å². The van der Waals surface area contributed by atoms with Crippen LogP contribution in [0.2, 0.25) is 0 Å². The molecule has 1 aromatic rings. The molecule has 0 amide bonds. The fourth-order valence-corrected chi connectivity index (χ4v) is 1.65. The largest absolute Gasteiger partial charge is 0.491 e. The van der Waals surface area contributed by atoms with E-state index in [1.165, 1.54) is 5.56 Å². The quantitative estimate of drug-likeness (QED) is 0.829. The van der Waals surface area contributed by atoms with E-state index >= 15 is 0 Å². The third kappa shape index (κ3) is 3.53. The van der Waals surface area contributed by atoms with Crippen molar-refractivity contribution in [3.63, 3.8) is 0 Å². The second kappa shape index (κ2) is 5.90. The van der Waals surface area contributed by atoms with Gasteiger partial charge in [-0.2, -0.15) is 0 Å². The number of nitrogens with two attached hydrogens (primary N) is 1. The van der Waals surface area contributed by atoms with E-state index in [0.29, 0.717) is 11.8 Å². The lowest BCUT2D eigenvalue weighted by Crippen LogP contribution is -2.17. The van der Waals surface area contributed by atoms with Crippen molar-refractivity contribution in [1.82, 2.24) is 0 Å². The fourth-order valence-electron chi connectivity index (χ4n) is 1.65. The molecule has 16 heavy (non-hydrogen) atoms. The summed E-state index contributed by atoms with van der Waals surface area (Å²) in [4.78, 5) is 0. The minimum absolute atomic E-state index is 0.228. The van der Waals surface area contributed by atoms with Gasteiger partial charge in [0.15, 0.2) is 0 Å². The summed E-state index contributed by atoms with van der Waals surface area (Å²) in [5.41, 5.74) is 7.01. The summed E-state index contributed by atoms with van der Waals surface area (Å²) in [6, 6.07) is 8.34. The molecule has 0 aliphatic heterocycles. The van der Waals surface area contributed by atoms with Gasteiger partial charge in [0.05, 0.1) is 6.10 Å². The highest BCUT2D eigenvalue weighted by Gasteiger charge is 2.12. The lowest BCUT2D eigenvalue weighted by molar-refractivity contribution is 0.242. The van der Waals surface area contributed by atoms with E-state index in [0.717, 1.165) is 12.3 Å². The Balaban J connectivity index is 2.70. The Bertz CT molecular complexity index is 305. The molecule has 2 nitrogen and oxygen atoms in total. The molecule has 2 heteroatoms. The highest BCUT2D eigenvalue weighted by Crippen LogP contribution is 2.25. The summed E-state index contributed by atoms with van der Waals surface area (Å²) in [6.45, 7) is 9.20. The Morgan fingerprint density at radius 3 is 2.06 bits per heavy atom. The van der Waals surface area contributed by atoms with E-state index in [-0.39, 0.29) is 6.10 Å². The van der Waals surface area contributed by atoms with Gasteiger partial charge in [0.2, 0.25) is 0 Å². The van der Waals surface area contributed by atoms with E-state index in [1.54, 1.807) is 0 Å². The van der Waals surface area contributed by atoms with Crippen molar-refractivity contribution in [2.24, 2.45) is 11.7 Å². The summed E-state index contributed by atoms with van der Waals surface area (Å²) < 4.78 is 5.61. The van der Waals surface area contributed by atoms with Crippen LogP contribution < -0.4 is 10.5 Å². The average Bonchev–Trinajstić information content (AvgIpc) is 2.27. The van der Waals surface area contributed by atoms with Gasteiger partial charge in [0.25, 0.3) is 0 Å². The van der Waals surface area contributed by atoms with Crippen LogP contribution in [0.3, 0.4) is 0 Å². The molecule has 0 aliphatic carbocycles. The minimum atomic E-state index is 0.228. The standard InChI is InChI=1S/C14H23NO/c1-10(2)16-14-7-5-13(6-8-14)12(4)11(3)9-15/h5-8,10-12H,9,15H2,1-4H3. The van der Waals surface area contributed by atoms with Crippen molar-refractivity contribution < 1.29 is 4.74 Å². The Morgan fingerprint density at radius 1 is 1.06 bits per heavy atom. The average molecular weight is 221 g/mol. The number of ether oxygens (including phenoxy) is 1. The molecular weight excluding hydrogens is 198 g/mol. The second-order valence-electron chi connectivity index (χ2n) is 4.74. The van der Waals surface area contributed by atoms with E-state index < -0.39 is 0 Å². The molecule has 0 heterocycles. The second-order valence-corrected chi connectivity index (χ2v) is 4.74. The van der Waals surface area contributed by atoms with Gasteiger partial charge in [-0.3, -0.25) is 0 Å². The summed E-state index contributed by atoms with van der Waals surface area (Å²) in [5.74, 6) is 1.95. The molecule has 2 N–H and O–H groups in total. The summed E-state index contributed by atoms with van der Waals surface area (Å²) in [6.07, 6.45) is 0.228. The molecule has 1 aromatic carbocycles. The smallest absolute Gasteiger partial charge is 0.119 e. The first kappa shape index (κ1) is 13.0. The number of hydrogen-bond donors (Lipinski definition) is 1. The van der Waals surface area contributed by atoms with Crippen molar-refractivity contribution in [3.05, 3.63) is 29.8 Å².